The van der Waals surface area contributed by atoms with Crippen LogP contribution in [0.4, 0.5) is 0 Å². The zero-order valence-corrected chi connectivity index (χ0v) is 3.62. The van der Waals surface area contributed by atoms with Gasteiger partial charge in [0.05, 0.1) is 0 Å². The summed E-state index contributed by atoms with van der Waals surface area (Å²) < 4.78 is 0. The molecule has 0 rings (SSSR count). The molecule has 1 nitrogen and oxygen atoms in total. The molecule has 0 saturated carbocycles. The molecular formula is C3H5LiO. The normalized spacial score (nSPS) is 5.00. The van der Waals surface area contributed by atoms with Gasteiger partial charge in [0, 0.05) is 0 Å². The van der Waals surface area contributed by atoms with Gasteiger partial charge in [0.15, 0.2) is 0 Å². The van der Waals surface area contributed by atoms with Gasteiger partial charge in [-0.15, -0.1) is 0 Å². The molecule has 24 valence electrons. The van der Waals surface area contributed by atoms with Crippen LogP contribution in [0.25, 0.3) is 0 Å². The van der Waals surface area contributed by atoms with E-state index in [1.807, 2.05) is 0 Å². The third kappa shape index (κ3) is 13.7. The maximum absolute atomic E-state index is 9.05. The van der Waals surface area contributed by atoms with Crippen molar-refractivity contribution in [3.63, 3.8) is 0 Å². The van der Waals surface area contributed by atoms with Gasteiger partial charge in [0.1, 0.15) is 0 Å². The van der Waals surface area contributed by atoms with Gasteiger partial charge in [-0.3, -0.25) is 6.29 Å². The van der Waals surface area contributed by atoms with Crippen molar-refractivity contribution in [2.24, 2.45) is 0 Å². The first-order valence-electron chi connectivity index (χ1n) is 1.26. The molecule has 0 bridgehead atoms. The van der Waals surface area contributed by atoms with Gasteiger partial charge in [-0.25, -0.2) is 0 Å². The molecule has 0 aromatic carbocycles. The Morgan fingerprint density at radius 3 is 2.00 bits per heavy atom. The van der Waals surface area contributed by atoms with Gasteiger partial charge in [-0.05, 0) is 0 Å². The van der Waals surface area contributed by atoms with E-state index in [1.54, 1.807) is 13.2 Å². The monoisotopic (exact) mass is 64.1 g/mol. The average molecular weight is 64.0 g/mol. The fourth-order valence-corrected chi connectivity index (χ4v) is 0. The number of rotatable bonds is 1. The first-order valence-corrected chi connectivity index (χ1v) is 1.26. The summed E-state index contributed by atoms with van der Waals surface area (Å²) in [5.74, 6) is 0. The maximum Gasteiger partial charge on any atom is 1.00 e. The van der Waals surface area contributed by atoms with Crippen LogP contribution < -0.4 is 18.9 Å². The van der Waals surface area contributed by atoms with E-state index >= 15 is 0 Å². The topological polar surface area (TPSA) is 17.1 Å². The zero-order chi connectivity index (χ0) is 3.41. The summed E-state index contributed by atoms with van der Waals surface area (Å²) in [5.41, 5.74) is 0. The van der Waals surface area contributed by atoms with E-state index in [1.165, 1.54) is 0 Å². The summed E-state index contributed by atoms with van der Waals surface area (Å²) in [5, 5.41) is 0. The van der Waals surface area contributed by atoms with Crippen LogP contribution in [0.5, 0.6) is 0 Å². The van der Waals surface area contributed by atoms with Gasteiger partial charge in [0.25, 0.3) is 0 Å². The van der Waals surface area contributed by atoms with E-state index in [-0.39, 0.29) is 18.9 Å². The minimum absolute atomic E-state index is 0. The van der Waals surface area contributed by atoms with E-state index < -0.39 is 0 Å². The summed E-state index contributed by atoms with van der Waals surface area (Å²) in [7, 11) is 0. The Bertz CT molecular complexity index is 20.9. The van der Waals surface area contributed by atoms with Gasteiger partial charge >= 0.3 is 18.9 Å². The van der Waals surface area contributed by atoms with Crippen molar-refractivity contribution >= 4 is 6.29 Å². The van der Waals surface area contributed by atoms with E-state index in [2.05, 4.69) is 0 Å². The molecule has 0 aliphatic carbocycles. The number of hydrogen-bond acceptors (Lipinski definition) is 1. The minimum atomic E-state index is 0. The molecule has 0 amide bonds. The Hall–Kier alpha value is 0.267. The summed E-state index contributed by atoms with van der Waals surface area (Å²) in [6.45, 7) is 1.76. The standard InChI is InChI=1S/C3H5O.Li/c1-2-3-4;/h2H2,1H3;/q-1;+1. The average Bonchev–Trinajstić information content (AvgIpc) is 1.37. The molecule has 0 fully saturated rings. The van der Waals surface area contributed by atoms with E-state index in [4.69, 9.17) is 4.79 Å². The Morgan fingerprint density at radius 2 is 2.00 bits per heavy atom. The summed E-state index contributed by atoms with van der Waals surface area (Å²) in [4.78, 5) is 9.05. The van der Waals surface area contributed by atoms with Crippen LogP contribution in [-0.4, -0.2) is 6.29 Å². The quantitative estimate of drug-likeness (QED) is 0.243. The molecule has 0 aliphatic heterocycles. The third-order valence-electron chi connectivity index (χ3n) is 0.144. The van der Waals surface area contributed by atoms with E-state index in [0.29, 0.717) is 6.42 Å². The van der Waals surface area contributed by atoms with Crippen molar-refractivity contribution in [1.29, 1.82) is 0 Å². The second-order valence-corrected chi connectivity index (χ2v) is 0.498. The van der Waals surface area contributed by atoms with Gasteiger partial charge in [0.2, 0.25) is 0 Å². The second kappa shape index (κ2) is 8.86. The molecular weight excluding hydrogens is 59.0 g/mol. The fraction of sp³-hybridized carbons (Fsp3) is 0.667. The molecule has 0 aromatic rings. The summed E-state index contributed by atoms with van der Waals surface area (Å²) in [6.07, 6.45) is 2.19. The molecule has 0 aromatic heterocycles. The zero-order valence-electron chi connectivity index (χ0n) is 3.62. The van der Waals surface area contributed by atoms with Crippen molar-refractivity contribution in [2.75, 3.05) is 0 Å². The molecule has 0 radical (unpaired) electrons. The first-order chi connectivity index (χ1) is 1.91. The maximum atomic E-state index is 9.05. The molecule has 0 saturated heterocycles. The molecule has 0 heterocycles. The molecule has 5 heavy (non-hydrogen) atoms. The first kappa shape index (κ1) is 8.99. The Kier molecular flexibility index (Phi) is 15.9. The van der Waals surface area contributed by atoms with Crippen molar-refractivity contribution in [2.45, 2.75) is 13.3 Å². The molecule has 0 atom stereocenters. The fourth-order valence-electron chi connectivity index (χ4n) is 0. The van der Waals surface area contributed by atoms with Crippen LogP contribution in [0.3, 0.4) is 0 Å². The largest absolute Gasteiger partial charge is 1.00 e. The van der Waals surface area contributed by atoms with Crippen molar-refractivity contribution in [3.8, 4) is 0 Å². The van der Waals surface area contributed by atoms with Crippen molar-refractivity contribution < 1.29 is 23.7 Å². The van der Waals surface area contributed by atoms with Crippen LogP contribution in [0.1, 0.15) is 13.3 Å². The van der Waals surface area contributed by atoms with E-state index in [9.17, 15) is 0 Å². The predicted molar refractivity (Wildman–Crippen MR) is 16.0 cm³/mol. The second-order valence-electron chi connectivity index (χ2n) is 0.498. The van der Waals surface area contributed by atoms with Crippen LogP contribution >= 0.6 is 0 Å². The van der Waals surface area contributed by atoms with Crippen LogP contribution in [0.15, 0.2) is 0 Å². The summed E-state index contributed by atoms with van der Waals surface area (Å²) in [6, 6.07) is 0. The van der Waals surface area contributed by atoms with Gasteiger partial charge in [-0.2, -0.15) is 6.42 Å². The van der Waals surface area contributed by atoms with Crippen molar-refractivity contribution in [3.05, 3.63) is 0 Å². The predicted octanol–water partition coefficient (Wildman–Crippen LogP) is -2.49. The van der Waals surface area contributed by atoms with Crippen LogP contribution in [0.2, 0.25) is 0 Å². The summed E-state index contributed by atoms with van der Waals surface area (Å²) >= 11 is 0. The Labute approximate surface area is 43.9 Å². The van der Waals surface area contributed by atoms with Gasteiger partial charge in [-0.1, -0.05) is 6.92 Å². The van der Waals surface area contributed by atoms with Crippen molar-refractivity contribution in [1.82, 2.24) is 0 Å². The molecule has 0 aliphatic rings. The van der Waals surface area contributed by atoms with Crippen LogP contribution in [-0.2, 0) is 4.79 Å². The molecule has 0 unspecified atom stereocenters. The minimum Gasteiger partial charge on any atom is -0.542 e. The number of hydrogen-bond donors (Lipinski definition) is 0. The Morgan fingerprint density at radius 1 is 1.80 bits per heavy atom. The molecule has 0 spiro atoms. The smallest absolute Gasteiger partial charge is 0.542 e. The molecule has 0 N–H and O–H groups in total. The Balaban J connectivity index is 0. The van der Waals surface area contributed by atoms with Gasteiger partial charge < -0.3 is 4.79 Å². The van der Waals surface area contributed by atoms with Crippen LogP contribution in [0, 0.1) is 0 Å². The SMILES string of the molecule is CC[C-]=O.[Li+]. The number of carbonyl (C=O) groups excluding carboxylic acids is 1. The molecule has 2 heteroatoms. The third-order valence-corrected chi connectivity index (χ3v) is 0.144. The van der Waals surface area contributed by atoms with E-state index in [0.717, 1.165) is 0 Å².